The van der Waals surface area contributed by atoms with Crippen molar-refractivity contribution in [1.82, 2.24) is 5.32 Å². The van der Waals surface area contributed by atoms with Gasteiger partial charge in [0.05, 0.1) is 12.7 Å². The molecule has 1 aromatic carbocycles. The lowest BCUT2D eigenvalue weighted by Crippen LogP contribution is -2.38. The molecule has 2 rings (SSSR count). The molecular weight excluding hydrogens is 298 g/mol. The van der Waals surface area contributed by atoms with E-state index in [4.69, 9.17) is 14.9 Å². The SMILES string of the molecule is Cc1ccccc1CCC1CNCCO1.O=C(O)C=CC(=O)O. The van der Waals surface area contributed by atoms with Crippen molar-refractivity contribution in [2.45, 2.75) is 25.9 Å². The highest BCUT2D eigenvalue weighted by Gasteiger charge is 2.13. The monoisotopic (exact) mass is 321 g/mol. The van der Waals surface area contributed by atoms with Crippen molar-refractivity contribution < 1.29 is 24.5 Å². The molecule has 126 valence electrons. The summed E-state index contributed by atoms with van der Waals surface area (Å²) in [6.07, 6.45) is 3.76. The first-order valence-corrected chi connectivity index (χ1v) is 7.50. The number of rotatable bonds is 5. The second kappa shape index (κ2) is 10.5. The van der Waals surface area contributed by atoms with Gasteiger partial charge in [-0.2, -0.15) is 0 Å². The van der Waals surface area contributed by atoms with Gasteiger partial charge in [0.25, 0.3) is 0 Å². The van der Waals surface area contributed by atoms with Gasteiger partial charge in [-0.05, 0) is 30.9 Å². The normalized spacial score (nSPS) is 17.3. The molecule has 1 heterocycles. The Labute approximate surface area is 135 Å². The van der Waals surface area contributed by atoms with Crippen LogP contribution in [0.4, 0.5) is 0 Å². The number of aryl methyl sites for hydroxylation is 2. The van der Waals surface area contributed by atoms with Gasteiger partial charge < -0.3 is 20.3 Å². The Morgan fingerprint density at radius 3 is 2.43 bits per heavy atom. The zero-order valence-electron chi connectivity index (χ0n) is 13.2. The Hall–Kier alpha value is -2.18. The first-order valence-electron chi connectivity index (χ1n) is 7.50. The Morgan fingerprint density at radius 1 is 1.26 bits per heavy atom. The van der Waals surface area contributed by atoms with E-state index in [2.05, 4.69) is 36.5 Å². The van der Waals surface area contributed by atoms with Crippen LogP contribution < -0.4 is 5.32 Å². The number of nitrogens with one attached hydrogen (secondary N) is 1. The zero-order chi connectivity index (χ0) is 17.1. The minimum Gasteiger partial charge on any atom is -0.478 e. The lowest BCUT2D eigenvalue weighted by Gasteiger charge is -2.23. The van der Waals surface area contributed by atoms with Gasteiger partial charge >= 0.3 is 11.9 Å². The number of hydrogen-bond donors (Lipinski definition) is 3. The maximum Gasteiger partial charge on any atom is 0.328 e. The average Bonchev–Trinajstić information content (AvgIpc) is 2.54. The summed E-state index contributed by atoms with van der Waals surface area (Å²) in [5.74, 6) is -2.51. The van der Waals surface area contributed by atoms with Gasteiger partial charge in [-0.15, -0.1) is 0 Å². The summed E-state index contributed by atoms with van der Waals surface area (Å²) in [6, 6.07) is 8.60. The van der Waals surface area contributed by atoms with Gasteiger partial charge in [0.2, 0.25) is 0 Å². The predicted octanol–water partition coefficient (Wildman–Crippen LogP) is 1.63. The third-order valence-electron chi connectivity index (χ3n) is 3.37. The third-order valence-corrected chi connectivity index (χ3v) is 3.37. The topological polar surface area (TPSA) is 95.9 Å². The molecule has 1 fully saturated rings. The van der Waals surface area contributed by atoms with Crippen LogP contribution in [0.1, 0.15) is 17.5 Å². The molecule has 1 unspecified atom stereocenters. The molecule has 3 N–H and O–H groups in total. The van der Waals surface area contributed by atoms with Crippen LogP contribution in [-0.2, 0) is 20.7 Å². The van der Waals surface area contributed by atoms with E-state index >= 15 is 0 Å². The third kappa shape index (κ3) is 8.75. The summed E-state index contributed by atoms with van der Waals surface area (Å²) in [7, 11) is 0. The van der Waals surface area contributed by atoms with Crippen LogP contribution in [0.25, 0.3) is 0 Å². The maximum absolute atomic E-state index is 9.55. The molecule has 0 aliphatic carbocycles. The molecule has 0 amide bonds. The fourth-order valence-electron chi connectivity index (χ4n) is 2.15. The van der Waals surface area contributed by atoms with E-state index in [1.54, 1.807) is 0 Å². The number of benzene rings is 1. The van der Waals surface area contributed by atoms with Crippen LogP contribution >= 0.6 is 0 Å². The quantitative estimate of drug-likeness (QED) is 0.713. The van der Waals surface area contributed by atoms with Crippen LogP contribution in [0.3, 0.4) is 0 Å². The molecule has 1 atom stereocenters. The molecule has 6 nitrogen and oxygen atoms in total. The second-order valence-electron chi connectivity index (χ2n) is 5.17. The molecule has 1 aliphatic rings. The number of hydrogen-bond acceptors (Lipinski definition) is 4. The Balaban J connectivity index is 0.000000284. The summed E-state index contributed by atoms with van der Waals surface area (Å²) in [5.41, 5.74) is 2.84. The van der Waals surface area contributed by atoms with Gasteiger partial charge in [0.15, 0.2) is 0 Å². The molecule has 0 saturated carbocycles. The molecule has 23 heavy (non-hydrogen) atoms. The summed E-state index contributed by atoms with van der Waals surface area (Å²) in [5, 5.41) is 19.0. The lowest BCUT2D eigenvalue weighted by molar-refractivity contribution is -0.134. The van der Waals surface area contributed by atoms with Crippen LogP contribution in [0.5, 0.6) is 0 Å². The first kappa shape index (κ1) is 18.9. The first-order chi connectivity index (χ1) is 11.0. The van der Waals surface area contributed by atoms with Crippen LogP contribution in [0.2, 0.25) is 0 Å². The number of carbonyl (C=O) groups is 2. The van der Waals surface area contributed by atoms with Gasteiger partial charge in [0.1, 0.15) is 0 Å². The molecular formula is C17H23NO5. The van der Waals surface area contributed by atoms with Crippen molar-refractivity contribution in [3.05, 3.63) is 47.5 Å². The summed E-state index contributed by atoms with van der Waals surface area (Å²) in [4.78, 5) is 19.1. The lowest BCUT2D eigenvalue weighted by atomic mass is 10.0. The number of carboxylic acids is 2. The highest BCUT2D eigenvalue weighted by Crippen LogP contribution is 2.12. The van der Waals surface area contributed by atoms with Gasteiger partial charge in [-0.1, -0.05) is 24.3 Å². The predicted molar refractivity (Wildman–Crippen MR) is 86.5 cm³/mol. The average molecular weight is 321 g/mol. The van der Waals surface area contributed by atoms with Gasteiger partial charge in [-0.25, -0.2) is 9.59 Å². The zero-order valence-corrected chi connectivity index (χ0v) is 13.2. The van der Waals surface area contributed by atoms with E-state index in [0.717, 1.165) is 32.5 Å². The molecule has 1 saturated heterocycles. The van der Waals surface area contributed by atoms with Crippen molar-refractivity contribution in [3.8, 4) is 0 Å². The number of morpholine rings is 1. The number of ether oxygens (including phenoxy) is 1. The highest BCUT2D eigenvalue weighted by atomic mass is 16.5. The van der Waals surface area contributed by atoms with Crippen LogP contribution in [0, 0.1) is 6.92 Å². The van der Waals surface area contributed by atoms with Crippen molar-refractivity contribution in [2.24, 2.45) is 0 Å². The van der Waals surface area contributed by atoms with Crippen molar-refractivity contribution in [2.75, 3.05) is 19.7 Å². The summed E-state index contributed by atoms with van der Waals surface area (Å²) in [6.45, 7) is 5.04. The molecule has 6 heteroatoms. The summed E-state index contributed by atoms with van der Waals surface area (Å²) >= 11 is 0. The van der Waals surface area contributed by atoms with E-state index < -0.39 is 11.9 Å². The molecule has 1 aromatic rings. The Bertz CT molecular complexity index is 520. The Morgan fingerprint density at radius 2 is 1.91 bits per heavy atom. The van der Waals surface area contributed by atoms with Gasteiger partial charge in [0, 0.05) is 25.2 Å². The van der Waals surface area contributed by atoms with Crippen molar-refractivity contribution in [3.63, 3.8) is 0 Å². The minimum atomic E-state index is -1.26. The molecule has 0 bridgehead atoms. The fraction of sp³-hybridized carbons (Fsp3) is 0.412. The van der Waals surface area contributed by atoms with E-state index in [1.807, 2.05) is 0 Å². The second-order valence-corrected chi connectivity index (χ2v) is 5.17. The Kier molecular flexibility index (Phi) is 8.64. The van der Waals surface area contributed by atoms with E-state index in [-0.39, 0.29) is 0 Å². The van der Waals surface area contributed by atoms with Gasteiger partial charge in [-0.3, -0.25) is 0 Å². The molecule has 0 spiro atoms. The van der Waals surface area contributed by atoms with E-state index in [0.29, 0.717) is 18.3 Å². The van der Waals surface area contributed by atoms with Crippen molar-refractivity contribution in [1.29, 1.82) is 0 Å². The maximum atomic E-state index is 9.55. The minimum absolute atomic E-state index is 0.401. The number of carboxylic acid groups (broad SMARTS) is 2. The van der Waals surface area contributed by atoms with Crippen LogP contribution in [-0.4, -0.2) is 48.0 Å². The number of aliphatic carboxylic acids is 2. The molecule has 1 aliphatic heterocycles. The largest absolute Gasteiger partial charge is 0.478 e. The highest BCUT2D eigenvalue weighted by molar-refractivity contribution is 5.89. The molecule has 0 aromatic heterocycles. The smallest absolute Gasteiger partial charge is 0.328 e. The standard InChI is InChI=1S/C13H19NO.C4H4O4/c1-11-4-2-3-5-12(11)6-7-13-10-14-8-9-15-13;5-3(6)1-2-4(7)8/h2-5,13-14H,6-10H2,1H3;1-2H,(H,5,6)(H,7,8). The fourth-order valence-corrected chi connectivity index (χ4v) is 2.15. The van der Waals surface area contributed by atoms with E-state index in [9.17, 15) is 9.59 Å². The van der Waals surface area contributed by atoms with Crippen molar-refractivity contribution >= 4 is 11.9 Å². The molecule has 0 radical (unpaired) electrons. The summed E-state index contributed by atoms with van der Waals surface area (Å²) < 4.78 is 5.68. The van der Waals surface area contributed by atoms with Crippen LogP contribution in [0.15, 0.2) is 36.4 Å². The van der Waals surface area contributed by atoms with E-state index in [1.165, 1.54) is 11.1 Å².